The molecule has 0 N–H and O–H groups in total. The summed E-state index contributed by atoms with van der Waals surface area (Å²) in [5.41, 5.74) is 4.84. The van der Waals surface area contributed by atoms with Gasteiger partial charge in [-0.25, -0.2) is 0 Å². The number of hydrogen-bond donors (Lipinski definition) is 0. The first kappa shape index (κ1) is 12.9. The second kappa shape index (κ2) is 5.12. The molecule has 0 saturated carbocycles. The molecule has 0 bridgehead atoms. The number of fused-ring (bicyclic) bond motifs is 1. The van der Waals surface area contributed by atoms with E-state index in [1.54, 1.807) is 14.0 Å². The average Bonchev–Trinajstić information content (AvgIpc) is 2.90. The molecule has 2 nitrogen and oxygen atoms in total. The van der Waals surface area contributed by atoms with Crippen LogP contribution in [0.5, 0.6) is 5.75 Å². The average molecular weight is 266 g/mol. The molecule has 1 unspecified atom stereocenters. The van der Waals surface area contributed by atoms with Gasteiger partial charge in [0, 0.05) is 11.5 Å². The summed E-state index contributed by atoms with van der Waals surface area (Å²) in [5.74, 6) is 1.49. The maximum absolute atomic E-state index is 11.3. The van der Waals surface area contributed by atoms with Crippen molar-refractivity contribution in [1.82, 2.24) is 0 Å². The quantitative estimate of drug-likeness (QED) is 0.786. The first-order valence-corrected chi connectivity index (χ1v) is 6.97. The Morgan fingerprint density at radius 2 is 1.90 bits per heavy atom. The van der Waals surface area contributed by atoms with Crippen LogP contribution in [0.25, 0.3) is 0 Å². The first-order valence-electron chi connectivity index (χ1n) is 6.97. The molecule has 3 rings (SSSR count). The van der Waals surface area contributed by atoms with Gasteiger partial charge in [-0.15, -0.1) is 0 Å². The Bertz CT molecular complexity index is 641. The Morgan fingerprint density at radius 3 is 2.55 bits per heavy atom. The molecule has 0 radical (unpaired) electrons. The number of methoxy groups -OCH3 is 1. The highest BCUT2D eigenvalue weighted by Gasteiger charge is 2.24. The van der Waals surface area contributed by atoms with Crippen molar-refractivity contribution in [3.63, 3.8) is 0 Å². The number of carbonyl (C=O) groups is 1. The van der Waals surface area contributed by atoms with E-state index in [1.807, 2.05) is 18.2 Å². The van der Waals surface area contributed by atoms with Crippen LogP contribution in [-0.4, -0.2) is 12.9 Å². The highest BCUT2D eigenvalue weighted by molar-refractivity contribution is 5.94. The fourth-order valence-corrected chi connectivity index (χ4v) is 3.02. The normalized spacial score (nSPS) is 16.8. The molecule has 0 saturated heterocycles. The van der Waals surface area contributed by atoms with E-state index >= 15 is 0 Å². The molecule has 2 heteroatoms. The Morgan fingerprint density at radius 1 is 1.15 bits per heavy atom. The third kappa shape index (κ3) is 2.22. The number of Topliss-reactive ketones (excluding diaryl/α,β-unsaturated/α-hetero) is 1. The van der Waals surface area contributed by atoms with E-state index in [1.165, 1.54) is 16.7 Å². The molecule has 2 aromatic carbocycles. The Kier molecular flexibility index (Phi) is 3.31. The second-order valence-corrected chi connectivity index (χ2v) is 5.33. The van der Waals surface area contributed by atoms with Crippen molar-refractivity contribution >= 4 is 5.78 Å². The molecule has 1 aliphatic carbocycles. The van der Waals surface area contributed by atoms with Gasteiger partial charge in [-0.05, 0) is 48.6 Å². The van der Waals surface area contributed by atoms with Gasteiger partial charge in [0.2, 0.25) is 0 Å². The maximum atomic E-state index is 11.3. The topological polar surface area (TPSA) is 26.3 Å². The number of hydrogen-bond acceptors (Lipinski definition) is 2. The van der Waals surface area contributed by atoms with Crippen LogP contribution in [0.2, 0.25) is 0 Å². The zero-order valence-electron chi connectivity index (χ0n) is 11.8. The minimum absolute atomic E-state index is 0.119. The highest BCUT2D eigenvalue weighted by Crippen LogP contribution is 2.39. The summed E-state index contributed by atoms with van der Waals surface area (Å²) in [6.45, 7) is 1.60. The minimum Gasteiger partial charge on any atom is -0.497 e. The van der Waals surface area contributed by atoms with Crippen LogP contribution in [0.3, 0.4) is 0 Å². The van der Waals surface area contributed by atoms with Crippen molar-refractivity contribution in [2.75, 3.05) is 7.11 Å². The van der Waals surface area contributed by atoms with Crippen LogP contribution in [0.1, 0.15) is 46.3 Å². The summed E-state index contributed by atoms with van der Waals surface area (Å²) in [6, 6.07) is 14.4. The van der Waals surface area contributed by atoms with Crippen molar-refractivity contribution in [2.24, 2.45) is 0 Å². The van der Waals surface area contributed by atoms with Crippen molar-refractivity contribution in [3.05, 3.63) is 64.7 Å². The third-order valence-corrected chi connectivity index (χ3v) is 4.15. The number of aryl methyl sites for hydroxylation is 1. The molecule has 1 atom stereocenters. The number of ketones is 1. The molecule has 102 valence electrons. The Hall–Kier alpha value is -2.09. The lowest BCUT2D eigenvalue weighted by Crippen LogP contribution is -1.98. The van der Waals surface area contributed by atoms with Crippen molar-refractivity contribution in [1.29, 1.82) is 0 Å². The van der Waals surface area contributed by atoms with E-state index in [9.17, 15) is 4.79 Å². The molecular weight excluding hydrogens is 248 g/mol. The van der Waals surface area contributed by atoms with Gasteiger partial charge in [-0.3, -0.25) is 4.79 Å². The summed E-state index contributed by atoms with van der Waals surface area (Å²) < 4.78 is 5.28. The molecule has 2 aromatic rings. The molecule has 0 heterocycles. The SMILES string of the molecule is COc1ccc2c(c1)CCC2c1ccc(C(C)=O)cc1. The van der Waals surface area contributed by atoms with Crippen molar-refractivity contribution in [2.45, 2.75) is 25.7 Å². The lowest BCUT2D eigenvalue weighted by molar-refractivity contribution is 0.101. The zero-order chi connectivity index (χ0) is 14.1. The van der Waals surface area contributed by atoms with E-state index in [-0.39, 0.29) is 5.78 Å². The number of rotatable bonds is 3. The molecule has 20 heavy (non-hydrogen) atoms. The van der Waals surface area contributed by atoms with Crippen LogP contribution in [0.15, 0.2) is 42.5 Å². The molecule has 0 aliphatic heterocycles. The first-order chi connectivity index (χ1) is 9.69. The van der Waals surface area contributed by atoms with Gasteiger partial charge in [-0.1, -0.05) is 30.3 Å². The van der Waals surface area contributed by atoms with Gasteiger partial charge < -0.3 is 4.74 Å². The van der Waals surface area contributed by atoms with Crippen molar-refractivity contribution in [3.8, 4) is 5.75 Å². The summed E-state index contributed by atoms with van der Waals surface area (Å²) in [7, 11) is 1.70. The molecule has 1 aliphatic rings. The summed E-state index contributed by atoms with van der Waals surface area (Å²) >= 11 is 0. The predicted octanol–water partition coefficient (Wildman–Crippen LogP) is 3.98. The third-order valence-electron chi connectivity index (χ3n) is 4.15. The standard InChI is InChI=1S/C18H18O2/c1-12(19)13-3-5-14(6-4-13)17-9-7-15-11-16(20-2)8-10-18(15)17/h3-6,8,10-11,17H,7,9H2,1-2H3. The number of ether oxygens (including phenoxy) is 1. The lowest BCUT2D eigenvalue weighted by atomic mass is 9.92. The molecule has 0 aromatic heterocycles. The van der Waals surface area contributed by atoms with Crippen LogP contribution in [-0.2, 0) is 6.42 Å². The van der Waals surface area contributed by atoms with E-state index in [4.69, 9.17) is 4.74 Å². The van der Waals surface area contributed by atoms with E-state index < -0.39 is 0 Å². The fourth-order valence-electron chi connectivity index (χ4n) is 3.02. The monoisotopic (exact) mass is 266 g/mol. The fraction of sp³-hybridized carbons (Fsp3) is 0.278. The van der Waals surface area contributed by atoms with Gasteiger partial charge in [-0.2, -0.15) is 0 Å². The number of benzene rings is 2. The lowest BCUT2D eigenvalue weighted by Gasteiger charge is -2.13. The molecule has 0 spiro atoms. The van der Waals surface area contributed by atoms with Gasteiger partial charge in [0.25, 0.3) is 0 Å². The summed E-state index contributed by atoms with van der Waals surface area (Å²) in [5, 5.41) is 0. The largest absolute Gasteiger partial charge is 0.497 e. The van der Waals surface area contributed by atoms with Gasteiger partial charge in [0.15, 0.2) is 5.78 Å². The summed E-state index contributed by atoms with van der Waals surface area (Å²) in [6.07, 6.45) is 2.22. The van der Waals surface area contributed by atoms with Crippen molar-refractivity contribution < 1.29 is 9.53 Å². The van der Waals surface area contributed by atoms with E-state index in [2.05, 4.69) is 24.3 Å². The minimum atomic E-state index is 0.119. The van der Waals surface area contributed by atoms with Crippen LogP contribution in [0.4, 0.5) is 0 Å². The van der Waals surface area contributed by atoms with Crippen LogP contribution in [0, 0.1) is 0 Å². The zero-order valence-corrected chi connectivity index (χ0v) is 11.8. The highest BCUT2D eigenvalue weighted by atomic mass is 16.5. The Balaban J connectivity index is 1.92. The van der Waals surface area contributed by atoms with Gasteiger partial charge in [0.1, 0.15) is 5.75 Å². The van der Waals surface area contributed by atoms with Crippen LogP contribution < -0.4 is 4.74 Å². The van der Waals surface area contributed by atoms with E-state index in [0.717, 1.165) is 24.2 Å². The van der Waals surface area contributed by atoms with Gasteiger partial charge >= 0.3 is 0 Å². The smallest absolute Gasteiger partial charge is 0.159 e. The summed E-state index contributed by atoms with van der Waals surface area (Å²) in [4.78, 5) is 11.3. The van der Waals surface area contributed by atoms with Crippen LogP contribution >= 0.6 is 0 Å². The molecule has 0 fully saturated rings. The molecular formula is C18H18O2. The molecule has 0 amide bonds. The van der Waals surface area contributed by atoms with Gasteiger partial charge in [0.05, 0.1) is 7.11 Å². The van der Waals surface area contributed by atoms with E-state index in [0.29, 0.717) is 5.92 Å². The Labute approximate surface area is 119 Å². The number of carbonyl (C=O) groups excluding carboxylic acids is 1. The predicted molar refractivity (Wildman–Crippen MR) is 79.6 cm³/mol. The maximum Gasteiger partial charge on any atom is 0.159 e. The second-order valence-electron chi connectivity index (χ2n) is 5.33.